The average molecular weight is 357 g/mol. The van der Waals surface area contributed by atoms with Gasteiger partial charge in [-0.1, -0.05) is 6.08 Å². The number of aromatic nitrogens is 1. The summed E-state index contributed by atoms with van der Waals surface area (Å²) in [7, 11) is 3.71. The van der Waals surface area contributed by atoms with Gasteiger partial charge >= 0.3 is 6.18 Å². The van der Waals surface area contributed by atoms with Crippen LogP contribution in [0.4, 0.5) is 19.0 Å². The van der Waals surface area contributed by atoms with E-state index in [1.54, 1.807) is 7.05 Å². The lowest BCUT2D eigenvalue weighted by molar-refractivity contribution is -0.137. The number of allylic oxidation sites excluding steroid dienone is 1. The van der Waals surface area contributed by atoms with Crippen molar-refractivity contribution < 1.29 is 13.2 Å². The molecule has 1 aromatic rings. The molecule has 0 amide bonds. The van der Waals surface area contributed by atoms with E-state index in [1.165, 1.54) is 6.07 Å². The zero-order chi connectivity index (χ0) is 18.7. The molecule has 0 saturated heterocycles. The molecule has 1 rings (SSSR count). The number of aliphatic imine (C=N–C) groups is 1. The van der Waals surface area contributed by atoms with Crippen molar-refractivity contribution in [3.63, 3.8) is 0 Å². The van der Waals surface area contributed by atoms with E-state index in [-0.39, 0.29) is 0 Å². The second kappa shape index (κ2) is 10.6. The Morgan fingerprint density at radius 2 is 2.08 bits per heavy atom. The van der Waals surface area contributed by atoms with Gasteiger partial charge in [0.25, 0.3) is 0 Å². The zero-order valence-corrected chi connectivity index (χ0v) is 14.7. The lowest BCUT2D eigenvalue weighted by atomic mass is 10.3. The Bertz CT molecular complexity index is 540. The smallest absolute Gasteiger partial charge is 0.370 e. The molecule has 0 aromatic carbocycles. The third kappa shape index (κ3) is 7.91. The van der Waals surface area contributed by atoms with Crippen molar-refractivity contribution in [3.05, 3.63) is 36.5 Å². The second-order valence-electron chi connectivity index (χ2n) is 5.54. The molecule has 0 aliphatic carbocycles. The van der Waals surface area contributed by atoms with Crippen LogP contribution in [-0.2, 0) is 6.18 Å². The van der Waals surface area contributed by atoms with Gasteiger partial charge in [-0.05, 0) is 31.4 Å². The molecule has 1 heterocycles. The van der Waals surface area contributed by atoms with E-state index in [1.807, 2.05) is 18.0 Å². The minimum atomic E-state index is -4.36. The first-order chi connectivity index (χ1) is 11.9. The van der Waals surface area contributed by atoms with Crippen LogP contribution in [0, 0.1) is 0 Å². The fourth-order valence-electron chi connectivity index (χ4n) is 2.13. The summed E-state index contributed by atoms with van der Waals surface area (Å²) in [6.45, 7) is 5.89. The molecule has 0 atom stereocenters. The largest absolute Gasteiger partial charge is 0.417 e. The Morgan fingerprint density at radius 3 is 2.64 bits per heavy atom. The van der Waals surface area contributed by atoms with Crippen molar-refractivity contribution in [2.45, 2.75) is 25.4 Å². The van der Waals surface area contributed by atoms with Crippen molar-refractivity contribution in [2.75, 3.05) is 39.0 Å². The van der Waals surface area contributed by atoms with E-state index in [0.717, 1.165) is 44.0 Å². The standard InChI is InChI=1S/C17H26F3N5/c1-4-5-6-12-25(3)16(21-2)23-11-7-10-22-15-9-8-14(13-24-15)17(18,19)20/h4,8-9,13H,1,5-7,10-12H2,2-3H3,(H,21,23)(H,22,24). The molecule has 8 heteroatoms. The highest BCUT2D eigenvalue weighted by atomic mass is 19.4. The SMILES string of the molecule is C=CCCCN(C)C(=NC)NCCCNc1ccc(C(F)(F)F)cn1. The van der Waals surface area contributed by atoms with Crippen molar-refractivity contribution in [1.82, 2.24) is 15.2 Å². The number of pyridine rings is 1. The van der Waals surface area contributed by atoms with E-state index in [0.29, 0.717) is 18.9 Å². The Kier molecular flexibility index (Phi) is 8.80. The molecule has 1 aromatic heterocycles. The normalized spacial score (nSPS) is 12.0. The number of alkyl halides is 3. The van der Waals surface area contributed by atoms with Crippen LogP contribution in [0.1, 0.15) is 24.8 Å². The van der Waals surface area contributed by atoms with Gasteiger partial charge in [0, 0.05) is 39.9 Å². The molecule has 0 spiro atoms. The molecule has 0 unspecified atom stereocenters. The van der Waals surface area contributed by atoms with Crippen molar-refractivity contribution in [1.29, 1.82) is 0 Å². The highest BCUT2D eigenvalue weighted by molar-refractivity contribution is 5.79. The Labute approximate surface area is 147 Å². The number of halogens is 3. The predicted octanol–water partition coefficient (Wildman–Crippen LogP) is 3.38. The molecule has 2 N–H and O–H groups in total. The number of hydrogen-bond acceptors (Lipinski definition) is 3. The van der Waals surface area contributed by atoms with E-state index in [4.69, 9.17) is 0 Å². The third-order valence-corrected chi connectivity index (χ3v) is 3.51. The van der Waals surface area contributed by atoms with Crippen LogP contribution in [0.5, 0.6) is 0 Å². The molecule has 0 aliphatic heterocycles. The molecule has 0 fully saturated rings. The van der Waals surface area contributed by atoms with Gasteiger partial charge in [0.1, 0.15) is 5.82 Å². The fraction of sp³-hybridized carbons (Fsp3) is 0.529. The van der Waals surface area contributed by atoms with Gasteiger partial charge in [0.15, 0.2) is 5.96 Å². The van der Waals surface area contributed by atoms with Gasteiger partial charge in [-0.25, -0.2) is 4.98 Å². The van der Waals surface area contributed by atoms with Gasteiger partial charge in [0.05, 0.1) is 5.56 Å². The Morgan fingerprint density at radius 1 is 1.32 bits per heavy atom. The van der Waals surface area contributed by atoms with E-state index >= 15 is 0 Å². The summed E-state index contributed by atoms with van der Waals surface area (Å²) in [6, 6.07) is 2.36. The number of guanidine groups is 1. The maximum absolute atomic E-state index is 12.5. The maximum atomic E-state index is 12.5. The van der Waals surface area contributed by atoms with Gasteiger partial charge < -0.3 is 15.5 Å². The third-order valence-electron chi connectivity index (χ3n) is 3.51. The number of nitrogens with zero attached hydrogens (tertiary/aromatic N) is 3. The quantitative estimate of drug-likeness (QED) is 0.308. The Hall–Kier alpha value is -2.25. The number of unbranched alkanes of at least 4 members (excludes halogenated alkanes) is 1. The summed E-state index contributed by atoms with van der Waals surface area (Å²) in [5.74, 6) is 1.25. The van der Waals surface area contributed by atoms with Crippen LogP contribution in [0.15, 0.2) is 36.0 Å². The van der Waals surface area contributed by atoms with Crippen LogP contribution >= 0.6 is 0 Å². The minimum absolute atomic E-state index is 0.430. The monoisotopic (exact) mass is 357 g/mol. The van der Waals surface area contributed by atoms with Gasteiger partial charge in [0.2, 0.25) is 0 Å². The van der Waals surface area contributed by atoms with Crippen LogP contribution in [0.2, 0.25) is 0 Å². The predicted molar refractivity (Wildman–Crippen MR) is 95.8 cm³/mol. The van der Waals surface area contributed by atoms with Crippen molar-refractivity contribution in [3.8, 4) is 0 Å². The van der Waals surface area contributed by atoms with Gasteiger partial charge in [-0.15, -0.1) is 6.58 Å². The highest BCUT2D eigenvalue weighted by Gasteiger charge is 2.30. The molecular formula is C17H26F3N5. The maximum Gasteiger partial charge on any atom is 0.417 e. The molecule has 0 aliphatic rings. The summed E-state index contributed by atoms with van der Waals surface area (Å²) in [4.78, 5) is 10.0. The fourth-order valence-corrected chi connectivity index (χ4v) is 2.13. The van der Waals surface area contributed by atoms with E-state index in [2.05, 4.69) is 27.2 Å². The van der Waals surface area contributed by atoms with Crippen molar-refractivity contribution >= 4 is 11.8 Å². The first-order valence-electron chi connectivity index (χ1n) is 8.18. The number of anilines is 1. The highest BCUT2D eigenvalue weighted by Crippen LogP contribution is 2.28. The molecule has 0 radical (unpaired) electrons. The molecule has 140 valence electrons. The average Bonchev–Trinajstić information content (AvgIpc) is 2.58. The molecule has 0 saturated carbocycles. The van der Waals surface area contributed by atoms with Crippen LogP contribution in [0.3, 0.4) is 0 Å². The summed E-state index contributed by atoms with van der Waals surface area (Å²) < 4.78 is 37.4. The molecule has 25 heavy (non-hydrogen) atoms. The number of hydrogen-bond donors (Lipinski definition) is 2. The Balaban J connectivity index is 2.27. The molecular weight excluding hydrogens is 331 g/mol. The summed E-state index contributed by atoms with van der Waals surface area (Å²) in [5, 5.41) is 6.26. The molecule has 5 nitrogen and oxygen atoms in total. The van der Waals surface area contributed by atoms with Gasteiger partial charge in [-0.3, -0.25) is 4.99 Å². The van der Waals surface area contributed by atoms with Crippen LogP contribution in [0.25, 0.3) is 0 Å². The van der Waals surface area contributed by atoms with E-state index < -0.39 is 11.7 Å². The molecule has 0 bridgehead atoms. The number of rotatable bonds is 9. The first-order valence-corrected chi connectivity index (χ1v) is 8.18. The lowest BCUT2D eigenvalue weighted by Gasteiger charge is -2.21. The lowest BCUT2D eigenvalue weighted by Crippen LogP contribution is -2.40. The van der Waals surface area contributed by atoms with Crippen LogP contribution in [-0.4, -0.2) is 49.6 Å². The topological polar surface area (TPSA) is 52.5 Å². The van der Waals surface area contributed by atoms with Crippen molar-refractivity contribution in [2.24, 2.45) is 4.99 Å². The first kappa shape index (κ1) is 20.8. The minimum Gasteiger partial charge on any atom is -0.370 e. The zero-order valence-electron chi connectivity index (χ0n) is 14.7. The summed E-state index contributed by atoms with van der Waals surface area (Å²) in [5.41, 5.74) is -0.747. The summed E-state index contributed by atoms with van der Waals surface area (Å²) >= 11 is 0. The summed E-state index contributed by atoms with van der Waals surface area (Å²) in [6.07, 6.45) is 1.13. The van der Waals surface area contributed by atoms with Crippen LogP contribution < -0.4 is 10.6 Å². The second-order valence-corrected chi connectivity index (χ2v) is 5.54. The van der Waals surface area contributed by atoms with Gasteiger partial charge in [-0.2, -0.15) is 13.2 Å². The number of nitrogens with one attached hydrogen (secondary N) is 2. The van der Waals surface area contributed by atoms with E-state index in [9.17, 15) is 13.2 Å².